The third-order valence-electron chi connectivity index (χ3n) is 5.20. The minimum absolute atomic E-state index is 0.127. The second-order valence-electron chi connectivity index (χ2n) is 7.53. The quantitative estimate of drug-likeness (QED) is 0.647. The summed E-state index contributed by atoms with van der Waals surface area (Å²) in [5.74, 6) is 0.543. The van der Waals surface area contributed by atoms with Gasteiger partial charge in [0.25, 0.3) is 0 Å². The molecule has 0 bridgehead atoms. The molecule has 1 aliphatic heterocycles. The molecule has 0 aliphatic carbocycles. The molecule has 8 heteroatoms. The van der Waals surface area contributed by atoms with Crippen LogP contribution < -0.4 is 4.74 Å². The Morgan fingerprint density at radius 2 is 1.77 bits per heavy atom. The zero-order chi connectivity index (χ0) is 21.1. The van der Waals surface area contributed by atoms with Crippen LogP contribution >= 0.6 is 0 Å². The molecule has 2 aromatic carbocycles. The van der Waals surface area contributed by atoms with E-state index >= 15 is 0 Å². The Labute approximate surface area is 174 Å². The first-order valence-corrected chi connectivity index (χ1v) is 11.6. The number of hydrogen-bond acceptors (Lipinski definition) is 6. The van der Waals surface area contributed by atoms with Crippen LogP contribution in [0, 0.1) is 5.82 Å². The van der Waals surface area contributed by atoms with Gasteiger partial charge in [0.15, 0.2) is 9.84 Å². The van der Waals surface area contributed by atoms with Crippen molar-refractivity contribution >= 4 is 20.6 Å². The van der Waals surface area contributed by atoms with Gasteiger partial charge in [-0.05, 0) is 40.6 Å². The molecule has 6 nitrogen and oxygen atoms in total. The summed E-state index contributed by atoms with van der Waals surface area (Å²) in [6.45, 7) is 1.40. The summed E-state index contributed by atoms with van der Waals surface area (Å²) in [5.41, 5.74) is 1.59. The first-order valence-electron chi connectivity index (χ1n) is 9.76. The number of pyridine rings is 1. The highest BCUT2D eigenvalue weighted by atomic mass is 32.2. The number of nitrogens with zero attached hydrogens (tertiary/aromatic N) is 2. The molecule has 1 N–H and O–H groups in total. The van der Waals surface area contributed by atoms with Crippen molar-refractivity contribution in [2.45, 2.75) is 6.10 Å². The molecule has 0 saturated carbocycles. The van der Waals surface area contributed by atoms with Gasteiger partial charge in [-0.2, -0.15) is 0 Å². The second kappa shape index (κ2) is 8.67. The molecule has 0 spiro atoms. The molecule has 1 saturated heterocycles. The Balaban J connectivity index is 1.37. The van der Waals surface area contributed by atoms with Gasteiger partial charge in [-0.25, -0.2) is 12.8 Å². The monoisotopic (exact) mass is 430 g/mol. The van der Waals surface area contributed by atoms with E-state index in [1.165, 1.54) is 12.3 Å². The predicted octanol–water partition coefficient (Wildman–Crippen LogP) is 2.51. The molecule has 0 radical (unpaired) electrons. The summed E-state index contributed by atoms with van der Waals surface area (Å²) in [5, 5.41) is 12.2. The van der Waals surface area contributed by atoms with Gasteiger partial charge >= 0.3 is 0 Å². The van der Waals surface area contributed by atoms with E-state index in [2.05, 4.69) is 4.98 Å². The largest absolute Gasteiger partial charge is 0.491 e. The lowest BCUT2D eigenvalue weighted by atomic mass is 10.0. The summed E-state index contributed by atoms with van der Waals surface area (Å²) < 4.78 is 42.1. The molecule has 2 heterocycles. The van der Waals surface area contributed by atoms with Gasteiger partial charge in [-0.15, -0.1) is 0 Å². The molecule has 1 fully saturated rings. The van der Waals surface area contributed by atoms with Crippen molar-refractivity contribution in [2.75, 3.05) is 37.7 Å². The van der Waals surface area contributed by atoms with E-state index in [1.807, 2.05) is 41.3 Å². The summed E-state index contributed by atoms with van der Waals surface area (Å²) in [6, 6.07) is 12.9. The van der Waals surface area contributed by atoms with Gasteiger partial charge in [-0.1, -0.05) is 18.2 Å². The predicted molar refractivity (Wildman–Crippen MR) is 114 cm³/mol. The molecule has 4 rings (SSSR count). The molecule has 30 heavy (non-hydrogen) atoms. The Bertz CT molecular complexity index is 1140. The van der Waals surface area contributed by atoms with Crippen molar-refractivity contribution in [1.29, 1.82) is 0 Å². The van der Waals surface area contributed by atoms with Crippen LogP contribution in [0.4, 0.5) is 4.39 Å². The smallest absolute Gasteiger partial charge is 0.152 e. The Kier molecular flexibility index (Phi) is 5.99. The normalized spacial score (nSPS) is 17.7. The number of ether oxygens (including phenoxy) is 1. The van der Waals surface area contributed by atoms with Crippen LogP contribution in [0.15, 0.2) is 54.9 Å². The molecule has 3 aromatic rings. The fraction of sp³-hybridized carbons (Fsp3) is 0.318. The van der Waals surface area contributed by atoms with Gasteiger partial charge in [0.2, 0.25) is 0 Å². The van der Waals surface area contributed by atoms with Crippen molar-refractivity contribution < 1.29 is 22.7 Å². The average Bonchev–Trinajstić information content (AvgIpc) is 2.73. The third-order valence-corrected chi connectivity index (χ3v) is 6.81. The Morgan fingerprint density at radius 1 is 1.03 bits per heavy atom. The minimum Gasteiger partial charge on any atom is -0.491 e. The SMILES string of the molecule is O=S1(=O)CCN(CC(O)COc2ccc3cc(-c4cncc(F)c4)ccc3c2)CC1. The van der Waals surface area contributed by atoms with Crippen LogP contribution in [0.25, 0.3) is 21.9 Å². The van der Waals surface area contributed by atoms with Crippen molar-refractivity contribution in [3.05, 3.63) is 60.7 Å². The lowest BCUT2D eigenvalue weighted by molar-refractivity contribution is 0.0710. The van der Waals surface area contributed by atoms with E-state index in [1.54, 1.807) is 6.20 Å². The molecule has 1 aromatic heterocycles. The topological polar surface area (TPSA) is 79.7 Å². The summed E-state index contributed by atoms with van der Waals surface area (Å²) >= 11 is 0. The summed E-state index contributed by atoms with van der Waals surface area (Å²) in [6.07, 6.45) is 2.10. The maximum atomic E-state index is 13.4. The van der Waals surface area contributed by atoms with E-state index in [0.717, 1.165) is 16.3 Å². The number of benzene rings is 2. The molecule has 0 amide bonds. The highest BCUT2D eigenvalue weighted by molar-refractivity contribution is 7.91. The number of aliphatic hydroxyl groups is 1. The molecule has 1 aliphatic rings. The Hall–Kier alpha value is -2.55. The number of fused-ring (bicyclic) bond motifs is 1. The van der Waals surface area contributed by atoms with E-state index in [0.29, 0.717) is 30.9 Å². The number of rotatable bonds is 6. The zero-order valence-corrected chi connectivity index (χ0v) is 17.2. The van der Waals surface area contributed by atoms with Crippen molar-refractivity contribution in [2.24, 2.45) is 0 Å². The zero-order valence-electron chi connectivity index (χ0n) is 16.4. The molecule has 158 valence electrons. The summed E-state index contributed by atoms with van der Waals surface area (Å²) in [4.78, 5) is 5.84. The van der Waals surface area contributed by atoms with Crippen molar-refractivity contribution in [1.82, 2.24) is 9.88 Å². The Morgan fingerprint density at radius 3 is 2.53 bits per heavy atom. The summed E-state index contributed by atoms with van der Waals surface area (Å²) in [7, 11) is -2.93. The van der Waals surface area contributed by atoms with Gasteiger partial charge < -0.3 is 9.84 Å². The van der Waals surface area contributed by atoms with Crippen LogP contribution in [0.2, 0.25) is 0 Å². The van der Waals surface area contributed by atoms with E-state index < -0.39 is 15.9 Å². The first kappa shape index (κ1) is 20.7. The van der Waals surface area contributed by atoms with Crippen LogP contribution in [0.1, 0.15) is 0 Å². The fourth-order valence-electron chi connectivity index (χ4n) is 3.54. The van der Waals surface area contributed by atoms with Crippen LogP contribution in [-0.2, 0) is 9.84 Å². The van der Waals surface area contributed by atoms with Crippen molar-refractivity contribution in [3.63, 3.8) is 0 Å². The highest BCUT2D eigenvalue weighted by Crippen LogP contribution is 2.27. The molecular weight excluding hydrogens is 407 g/mol. The van der Waals surface area contributed by atoms with Gasteiger partial charge in [-0.3, -0.25) is 9.88 Å². The van der Waals surface area contributed by atoms with E-state index in [4.69, 9.17) is 4.74 Å². The van der Waals surface area contributed by atoms with Crippen LogP contribution in [0.3, 0.4) is 0 Å². The molecular formula is C22H23FN2O4S. The number of hydrogen-bond donors (Lipinski definition) is 1. The number of halogens is 1. The minimum atomic E-state index is -2.93. The van der Waals surface area contributed by atoms with E-state index in [9.17, 15) is 17.9 Å². The molecule has 1 unspecified atom stereocenters. The van der Waals surface area contributed by atoms with Crippen LogP contribution in [0.5, 0.6) is 5.75 Å². The van der Waals surface area contributed by atoms with Crippen LogP contribution in [-0.4, -0.2) is 67.3 Å². The number of aromatic nitrogens is 1. The first-order chi connectivity index (χ1) is 14.4. The highest BCUT2D eigenvalue weighted by Gasteiger charge is 2.23. The molecule has 1 atom stereocenters. The lowest BCUT2D eigenvalue weighted by Gasteiger charge is -2.28. The lowest BCUT2D eigenvalue weighted by Crippen LogP contribution is -2.44. The standard InChI is InChI=1S/C22H23FN2O4S/c23-20-10-19(12-24-13-20)17-1-2-18-11-22(4-3-16(18)9-17)29-15-21(26)14-25-5-7-30(27,28)8-6-25/h1-4,9-13,21,26H,5-8,14-15H2. The number of β-amino-alcohol motifs (C(OH)–C–C–N with tert-alkyl or cyclic N) is 1. The second-order valence-corrected chi connectivity index (χ2v) is 9.84. The average molecular weight is 431 g/mol. The van der Waals surface area contributed by atoms with Gasteiger partial charge in [0.1, 0.15) is 24.3 Å². The van der Waals surface area contributed by atoms with Gasteiger partial charge in [0.05, 0.1) is 17.7 Å². The fourth-order valence-corrected chi connectivity index (χ4v) is 4.82. The maximum Gasteiger partial charge on any atom is 0.152 e. The number of sulfone groups is 1. The number of aliphatic hydroxyl groups excluding tert-OH is 1. The van der Waals surface area contributed by atoms with Crippen molar-refractivity contribution in [3.8, 4) is 16.9 Å². The van der Waals surface area contributed by atoms with E-state index in [-0.39, 0.29) is 23.9 Å². The maximum absolute atomic E-state index is 13.4. The van der Waals surface area contributed by atoms with Gasteiger partial charge in [0, 0.05) is 31.4 Å². The third kappa shape index (κ3) is 5.13.